The van der Waals surface area contributed by atoms with Crippen LogP contribution in [0.5, 0.6) is 0 Å². The lowest BCUT2D eigenvalue weighted by atomic mass is 10.0. The van der Waals surface area contributed by atoms with Crippen LogP contribution in [-0.4, -0.2) is 34.9 Å². The first-order chi connectivity index (χ1) is 30.7. The highest BCUT2D eigenvalue weighted by molar-refractivity contribution is 5.76. The van der Waals surface area contributed by atoms with Gasteiger partial charge < -0.3 is 15.5 Å². The normalized spacial score (nSPS) is 13.0. The number of hydrogen-bond donors (Lipinski definition) is 3. The van der Waals surface area contributed by atoms with Crippen LogP contribution >= 0.6 is 0 Å². The number of hydrogen-bond acceptors (Lipinski definition) is 3. The molecule has 2 unspecified atom stereocenters. The van der Waals surface area contributed by atoms with Gasteiger partial charge in [-0.1, -0.05) is 288 Å². The first-order valence-corrected chi connectivity index (χ1v) is 28.2. The molecule has 62 heavy (non-hydrogen) atoms. The van der Waals surface area contributed by atoms with E-state index in [4.69, 9.17) is 0 Å². The van der Waals surface area contributed by atoms with E-state index >= 15 is 0 Å². The molecule has 0 radical (unpaired) electrons. The number of carbonyl (C=O) groups is 1. The van der Waals surface area contributed by atoms with Crippen LogP contribution in [0.25, 0.3) is 0 Å². The van der Waals surface area contributed by atoms with Crippen LogP contribution < -0.4 is 5.32 Å². The average molecular weight is 871 g/mol. The molecular weight excluding hydrogens is 759 g/mol. The molecule has 1 amide bonds. The van der Waals surface area contributed by atoms with Gasteiger partial charge in [0.1, 0.15) is 0 Å². The third kappa shape index (κ3) is 49.6. The highest BCUT2D eigenvalue weighted by Crippen LogP contribution is 2.17. The molecule has 0 aliphatic heterocycles. The summed E-state index contributed by atoms with van der Waals surface area (Å²) in [5.74, 6) is -0.0275. The van der Waals surface area contributed by atoms with Crippen LogP contribution in [-0.2, 0) is 4.79 Å². The Bertz CT molecular complexity index is 943. The molecular formula is C58H111NO3. The number of unbranched alkanes of at least 4 members (excludes halogenated alkanes) is 39. The molecule has 0 aromatic carbocycles. The highest BCUT2D eigenvalue weighted by Gasteiger charge is 2.20. The topological polar surface area (TPSA) is 69.6 Å². The zero-order valence-electron chi connectivity index (χ0n) is 42.2. The van der Waals surface area contributed by atoms with Gasteiger partial charge in [-0.25, -0.2) is 0 Å². The van der Waals surface area contributed by atoms with Crippen molar-refractivity contribution in [1.82, 2.24) is 5.32 Å². The number of amides is 1. The summed E-state index contributed by atoms with van der Waals surface area (Å²) in [5.41, 5.74) is 0. The summed E-state index contributed by atoms with van der Waals surface area (Å²) in [6.45, 7) is 4.35. The lowest BCUT2D eigenvalue weighted by Gasteiger charge is -2.22. The van der Waals surface area contributed by atoms with Gasteiger partial charge in [-0.2, -0.15) is 0 Å². The van der Waals surface area contributed by atoms with Crippen LogP contribution in [0.15, 0.2) is 36.5 Å². The third-order valence-electron chi connectivity index (χ3n) is 13.2. The van der Waals surface area contributed by atoms with Crippen molar-refractivity contribution in [1.29, 1.82) is 0 Å². The Morgan fingerprint density at radius 1 is 0.387 bits per heavy atom. The molecule has 4 nitrogen and oxygen atoms in total. The Morgan fingerprint density at radius 2 is 0.661 bits per heavy atom. The van der Waals surface area contributed by atoms with E-state index in [1.165, 1.54) is 244 Å². The molecule has 0 rings (SSSR count). The molecule has 0 bridgehead atoms. The average Bonchev–Trinajstić information content (AvgIpc) is 3.28. The van der Waals surface area contributed by atoms with Crippen molar-refractivity contribution in [3.8, 4) is 0 Å². The van der Waals surface area contributed by atoms with Gasteiger partial charge in [0, 0.05) is 6.42 Å². The minimum atomic E-state index is -0.655. The van der Waals surface area contributed by atoms with Gasteiger partial charge in [-0.05, 0) is 51.4 Å². The quantitative estimate of drug-likeness (QED) is 0.0421. The summed E-state index contributed by atoms with van der Waals surface area (Å²) < 4.78 is 0. The van der Waals surface area contributed by atoms with E-state index in [0.717, 1.165) is 38.5 Å². The largest absolute Gasteiger partial charge is 0.394 e. The zero-order valence-corrected chi connectivity index (χ0v) is 42.2. The lowest BCUT2D eigenvalue weighted by molar-refractivity contribution is -0.123. The molecule has 0 saturated heterocycles. The molecule has 0 aromatic heterocycles. The van der Waals surface area contributed by atoms with Crippen molar-refractivity contribution in [3.05, 3.63) is 36.5 Å². The van der Waals surface area contributed by atoms with E-state index in [-0.39, 0.29) is 12.5 Å². The minimum Gasteiger partial charge on any atom is -0.394 e. The van der Waals surface area contributed by atoms with E-state index in [1.807, 2.05) is 0 Å². The summed E-state index contributed by atoms with van der Waals surface area (Å²) in [6, 6.07) is -0.532. The maximum Gasteiger partial charge on any atom is 0.220 e. The predicted octanol–water partition coefficient (Wildman–Crippen LogP) is 18.5. The maximum absolute atomic E-state index is 12.4. The molecule has 4 heteroatoms. The maximum atomic E-state index is 12.4. The van der Waals surface area contributed by atoms with Gasteiger partial charge in [0.15, 0.2) is 0 Å². The third-order valence-corrected chi connectivity index (χ3v) is 13.2. The summed E-state index contributed by atoms with van der Waals surface area (Å²) in [4.78, 5) is 12.4. The van der Waals surface area contributed by atoms with E-state index < -0.39 is 12.1 Å². The van der Waals surface area contributed by atoms with Crippen molar-refractivity contribution in [3.63, 3.8) is 0 Å². The van der Waals surface area contributed by atoms with Crippen molar-refractivity contribution < 1.29 is 15.0 Å². The van der Waals surface area contributed by atoms with E-state index in [2.05, 4.69) is 55.6 Å². The van der Waals surface area contributed by atoms with Gasteiger partial charge in [0.05, 0.1) is 18.8 Å². The van der Waals surface area contributed by atoms with E-state index in [0.29, 0.717) is 12.8 Å². The molecule has 0 aliphatic carbocycles. The monoisotopic (exact) mass is 870 g/mol. The number of allylic oxidation sites excluding steroid dienone is 6. The van der Waals surface area contributed by atoms with Crippen LogP contribution in [0.2, 0.25) is 0 Å². The Morgan fingerprint density at radius 3 is 0.984 bits per heavy atom. The Balaban J connectivity index is 3.35. The molecule has 0 spiro atoms. The van der Waals surface area contributed by atoms with Gasteiger partial charge in [0.2, 0.25) is 5.91 Å². The summed E-state index contributed by atoms with van der Waals surface area (Å²) in [7, 11) is 0. The number of aliphatic hydroxyl groups excluding tert-OH is 2. The molecule has 0 aromatic rings. The molecule has 0 aliphatic rings. The van der Waals surface area contributed by atoms with Crippen molar-refractivity contribution in [2.45, 2.75) is 321 Å². The Hall–Kier alpha value is -1.39. The Kier molecular flexibility index (Phi) is 52.7. The molecule has 366 valence electrons. The molecule has 0 heterocycles. The molecule has 0 saturated carbocycles. The van der Waals surface area contributed by atoms with Crippen molar-refractivity contribution >= 4 is 5.91 Å². The second-order valence-corrected chi connectivity index (χ2v) is 19.4. The van der Waals surface area contributed by atoms with Crippen molar-refractivity contribution in [2.75, 3.05) is 6.61 Å². The summed E-state index contributed by atoms with van der Waals surface area (Å²) >= 11 is 0. The number of aliphatic hydroxyl groups is 2. The van der Waals surface area contributed by atoms with Crippen LogP contribution in [0.1, 0.15) is 309 Å². The van der Waals surface area contributed by atoms with Crippen LogP contribution in [0.4, 0.5) is 0 Å². The van der Waals surface area contributed by atoms with Crippen LogP contribution in [0, 0.1) is 0 Å². The second-order valence-electron chi connectivity index (χ2n) is 19.4. The lowest BCUT2D eigenvalue weighted by Crippen LogP contribution is -2.45. The molecule has 0 fully saturated rings. The van der Waals surface area contributed by atoms with Crippen molar-refractivity contribution in [2.24, 2.45) is 0 Å². The van der Waals surface area contributed by atoms with Crippen LogP contribution in [0.3, 0.4) is 0 Å². The fourth-order valence-electron chi connectivity index (χ4n) is 8.84. The Labute approximate surface area is 389 Å². The smallest absolute Gasteiger partial charge is 0.220 e. The zero-order chi connectivity index (χ0) is 44.9. The van der Waals surface area contributed by atoms with E-state index in [1.54, 1.807) is 0 Å². The molecule has 2 atom stereocenters. The van der Waals surface area contributed by atoms with Gasteiger partial charge in [-0.3, -0.25) is 4.79 Å². The summed E-state index contributed by atoms with van der Waals surface area (Å²) in [6.07, 6.45) is 72.9. The summed E-state index contributed by atoms with van der Waals surface area (Å²) in [5, 5.41) is 23.2. The fraction of sp³-hybridized carbons (Fsp3) is 0.879. The fourth-order valence-corrected chi connectivity index (χ4v) is 8.84. The SMILES string of the molecule is CCCCCCC/C=C\C/C=C\C/C=C\CCCCCCCCCCCCCCCCCCCCCCCCCCC(=O)NC(CO)C(O)CCCCCCCCCCCCC. The molecule has 3 N–H and O–H groups in total. The number of rotatable bonds is 52. The predicted molar refractivity (Wildman–Crippen MR) is 276 cm³/mol. The number of carbonyl (C=O) groups excluding carboxylic acids is 1. The highest BCUT2D eigenvalue weighted by atomic mass is 16.3. The first-order valence-electron chi connectivity index (χ1n) is 28.2. The minimum absolute atomic E-state index is 0.0275. The van der Waals surface area contributed by atoms with Gasteiger partial charge in [0.25, 0.3) is 0 Å². The first kappa shape index (κ1) is 60.6. The van der Waals surface area contributed by atoms with Gasteiger partial charge >= 0.3 is 0 Å². The van der Waals surface area contributed by atoms with Gasteiger partial charge in [-0.15, -0.1) is 0 Å². The standard InChI is InChI=1S/C58H111NO3/c1-3-5-7-9-11-13-15-16-17-18-19-20-21-22-23-24-25-26-27-28-29-30-31-32-33-34-35-36-37-38-39-40-41-42-44-46-48-50-52-54-58(62)59-56(55-60)57(61)53-51-49-47-45-43-14-12-10-8-6-4-2/h15-16,18-19,21-22,56-57,60-61H,3-14,17,20,23-55H2,1-2H3,(H,59,62)/b16-15-,19-18-,22-21-. The second kappa shape index (κ2) is 53.9. The van der Waals surface area contributed by atoms with E-state index in [9.17, 15) is 15.0 Å². The number of nitrogens with one attached hydrogen (secondary N) is 1.